The van der Waals surface area contributed by atoms with Gasteiger partial charge in [-0.05, 0) is 0 Å². The number of carbonyl (C=O) groups excluding carboxylic acids is 2. The van der Waals surface area contributed by atoms with Crippen LogP contribution in [0.5, 0.6) is 0 Å². The van der Waals surface area contributed by atoms with Gasteiger partial charge in [0.2, 0.25) is 5.91 Å². The van der Waals surface area contributed by atoms with E-state index in [1.807, 2.05) is 4.90 Å². The molecule has 0 atom stereocenters. The van der Waals surface area contributed by atoms with Crippen molar-refractivity contribution in [2.24, 2.45) is 0 Å². The van der Waals surface area contributed by atoms with E-state index in [9.17, 15) is 9.59 Å². The first-order valence-electron chi connectivity index (χ1n) is 4.93. The number of likely N-dealkylation sites (N-methyl/N-ethyl adjacent to an activating group) is 1. The van der Waals surface area contributed by atoms with Crippen LogP contribution in [0.25, 0.3) is 0 Å². The van der Waals surface area contributed by atoms with Crippen LogP contribution in [0.3, 0.4) is 0 Å². The van der Waals surface area contributed by atoms with Gasteiger partial charge in [0.1, 0.15) is 0 Å². The Morgan fingerprint density at radius 3 is 2.53 bits per heavy atom. The van der Waals surface area contributed by atoms with E-state index in [0.717, 1.165) is 13.1 Å². The van der Waals surface area contributed by atoms with Gasteiger partial charge in [-0.25, -0.2) is 0 Å². The summed E-state index contributed by atoms with van der Waals surface area (Å²) < 4.78 is 5.17. The zero-order chi connectivity index (χ0) is 11.3. The van der Waals surface area contributed by atoms with E-state index < -0.39 is 0 Å². The van der Waals surface area contributed by atoms with Crippen LogP contribution in [0.2, 0.25) is 0 Å². The Hall–Kier alpha value is -1.14. The van der Waals surface area contributed by atoms with Crippen LogP contribution < -0.4 is 5.43 Å². The number of nitrogens with zero attached hydrogens (tertiary/aromatic N) is 2. The Balaban J connectivity index is 2.30. The van der Waals surface area contributed by atoms with Crippen LogP contribution >= 0.6 is 0 Å². The number of nitrogens with one attached hydrogen (secondary N) is 1. The number of hydrazine groups is 1. The summed E-state index contributed by atoms with van der Waals surface area (Å²) in [6.45, 7) is 4.55. The van der Waals surface area contributed by atoms with Gasteiger partial charge in [-0.3, -0.25) is 24.9 Å². The fourth-order valence-electron chi connectivity index (χ4n) is 1.36. The minimum absolute atomic E-state index is 0.118. The third kappa shape index (κ3) is 4.26. The molecule has 1 aliphatic heterocycles. The second kappa shape index (κ2) is 5.67. The van der Waals surface area contributed by atoms with Crippen molar-refractivity contribution in [1.82, 2.24) is 15.3 Å². The van der Waals surface area contributed by atoms with Gasteiger partial charge in [0, 0.05) is 27.1 Å². The summed E-state index contributed by atoms with van der Waals surface area (Å²) in [5.74, 6) is -0.361. The molecule has 0 aromatic heterocycles. The number of hydrogen-bond acceptors (Lipinski definition) is 4. The molecular formula is C9H17N3O3. The van der Waals surface area contributed by atoms with Crippen LogP contribution in [0.4, 0.5) is 0 Å². The molecule has 0 spiro atoms. The van der Waals surface area contributed by atoms with Gasteiger partial charge >= 0.3 is 0 Å². The molecule has 0 unspecified atom stereocenters. The first kappa shape index (κ1) is 11.9. The Labute approximate surface area is 89.1 Å². The molecule has 6 heteroatoms. The lowest BCUT2D eigenvalue weighted by atomic mass is 10.4. The highest BCUT2D eigenvalue weighted by Crippen LogP contribution is 1.96. The summed E-state index contributed by atoms with van der Waals surface area (Å²) in [7, 11) is 1.55. The smallest absolute Gasteiger partial charge is 0.254 e. The van der Waals surface area contributed by atoms with Crippen molar-refractivity contribution in [1.29, 1.82) is 0 Å². The number of hydrogen-bond donors (Lipinski definition) is 1. The first-order valence-corrected chi connectivity index (χ1v) is 4.93. The van der Waals surface area contributed by atoms with Crippen molar-refractivity contribution >= 4 is 11.8 Å². The van der Waals surface area contributed by atoms with Crippen molar-refractivity contribution in [2.45, 2.75) is 6.92 Å². The largest absolute Gasteiger partial charge is 0.379 e. The third-order valence-electron chi connectivity index (χ3n) is 2.16. The predicted molar refractivity (Wildman–Crippen MR) is 53.8 cm³/mol. The van der Waals surface area contributed by atoms with E-state index in [4.69, 9.17) is 4.74 Å². The summed E-state index contributed by atoms with van der Waals surface area (Å²) in [6, 6.07) is 0. The van der Waals surface area contributed by atoms with Gasteiger partial charge in [0.15, 0.2) is 0 Å². The highest BCUT2D eigenvalue weighted by molar-refractivity contribution is 5.81. The summed E-state index contributed by atoms with van der Waals surface area (Å²) >= 11 is 0. The van der Waals surface area contributed by atoms with E-state index in [-0.39, 0.29) is 11.8 Å². The molecule has 1 rings (SSSR count). The maximum Gasteiger partial charge on any atom is 0.254 e. The van der Waals surface area contributed by atoms with Gasteiger partial charge in [0.05, 0.1) is 19.8 Å². The maximum atomic E-state index is 11.6. The molecule has 0 aromatic rings. The van der Waals surface area contributed by atoms with Crippen LogP contribution in [-0.4, -0.2) is 61.6 Å². The number of carbonyl (C=O) groups is 2. The summed E-state index contributed by atoms with van der Waals surface area (Å²) in [5, 5.41) is 1.22. The van der Waals surface area contributed by atoms with E-state index in [1.165, 1.54) is 11.9 Å². The van der Waals surface area contributed by atoms with E-state index >= 15 is 0 Å². The van der Waals surface area contributed by atoms with E-state index in [1.54, 1.807) is 7.05 Å². The van der Waals surface area contributed by atoms with Crippen LogP contribution in [-0.2, 0) is 14.3 Å². The number of amides is 2. The third-order valence-corrected chi connectivity index (χ3v) is 2.16. The SMILES string of the molecule is CC(=O)NN(C)C(=O)CN1CCOCC1. The quantitative estimate of drug-likeness (QED) is 0.589. The molecule has 0 aliphatic carbocycles. The highest BCUT2D eigenvalue weighted by Gasteiger charge is 2.17. The Bertz CT molecular complexity index is 239. The molecule has 2 amide bonds. The number of ether oxygens (including phenoxy) is 1. The molecule has 15 heavy (non-hydrogen) atoms. The number of morpholine rings is 1. The molecule has 1 saturated heterocycles. The minimum atomic E-state index is -0.243. The molecular weight excluding hydrogens is 198 g/mol. The average molecular weight is 215 g/mol. The number of rotatable bonds is 2. The predicted octanol–water partition coefficient (Wildman–Crippen LogP) is -1.17. The van der Waals surface area contributed by atoms with Crippen LogP contribution in [0.1, 0.15) is 6.92 Å². The topological polar surface area (TPSA) is 61.9 Å². The molecule has 0 saturated carbocycles. The fraction of sp³-hybridized carbons (Fsp3) is 0.778. The van der Waals surface area contributed by atoms with Crippen molar-refractivity contribution in [3.8, 4) is 0 Å². The van der Waals surface area contributed by atoms with Crippen LogP contribution in [0, 0.1) is 0 Å². The van der Waals surface area contributed by atoms with Crippen molar-refractivity contribution in [3.63, 3.8) is 0 Å². The zero-order valence-electron chi connectivity index (χ0n) is 9.15. The fourth-order valence-corrected chi connectivity index (χ4v) is 1.36. The second-order valence-electron chi connectivity index (χ2n) is 3.51. The normalized spacial score (nSPS) is 17.2. The van der Waals surface area contributed by atoms with Gasteiger partial charge in [-0.2, -0.15) is 0 Å². The van der Waals surface area contributed by atoms with Gasteiger partial charge in [-0.15, -0.1) is 0 Å². The standard InChI is InChI=1S/C9H17N3O3/c1-8(13)10-11(2)9(14)7-12-3-5-15-6-4-12/h3-7H2,1-2H3,(H,10,13). The maximum absolute atomic E-state index is 11.6. The monoisotopic (exact) mass is 215 g/mol. The van der Waals surface area contributed by atoms with Crippen molar-refractivity contribution < 1.29 is 14.3 Å². The van der Waals surface area contributed by atoms with Crippen molar-refractivity contribution in [2.75, 3.05) is 39.9 Å². The lowest BCUT2D eigenvalue weighted by Gasteiger charge is -2.27. The Morgan fingerprint density at radius 2 is 2.00 bits per heavy atom. The molecule has 6 nitrogen and oxygen atoms in total. The first-order chi connectivity index (χ1) is 7.09. The van der Waals surface area contributed by atoms with Gasteiger partial charge in [0.25, 0.3) is 5.91 Å². The highest BCUT2D eigenvalue weighted by atomic mass is 16.5. The van der Waals surface area contributed by atoms with Crippen LogP contribution in [0.15, 0.2) is 0 Å². The second-order valence-corrected chi connectivity index (χ2v) is 3.51. The average Bonchev–Trinajstić information content (AvgIpc) is 2.18. The molecule has 86 valence electrons. The summed E-state index contributed by atoms with van der Waals surface area (Å²) in [5.41, 5.74) is 2.42. The molecule has 0 aromatic carbocycles. The van der Waals surface area contributed by atoms with E-state index in [2.05, 4.69) is 5.43 Å². The molecule has 0 radical (unpaired) electrons. The Kier molecular flexibility index (Phi) is 4.51. The summed E-state index contributed by atoms with van der Waals surface area (Å²) in [4.78, 5) is 24.3. The van der Waals surface area contributed by atoms with Gasteiger partial charge in [-0.1, -0.05) is 0 Å². The van der Waals surface area contributed by atoms with Gasteiger partial charge < -0.3 is 4.74 Å². The summed E-state index contributed by atoms with van der Waals surface area (Å²) in [6.07, 6.45) is 0. The zero-order valence-corrected chi connectivity index (χ0v) is 9.15. The minimum Gasteiger partial charge on any atom is -0.379 e. The molecule has 1 heterocycles. The lowest BCUT2D eigenvalue weighted by Crippen LogP contribution is -2.49. The molecule has 0 bridgehead atoms. The molecule has 1 aliphatic rings. The van der Waals surface area contributed by atoms with Crippen molar-refractivity contribution in [3.05, 3.63) is 0 Å². The van der Waals surface area contributed by atoms with E-state index in [0.29, 0.717) is 19.8 Å². The molecule has 1 fully saturated rings. The molecule has 1 N–H and O–H groups in total. The lowest BCUT2D eigenvalue weighted by molar-refractivity contribution is -0.140. The Morgan fingerprint density at radius 1 is 1.40 bits per heavy atom.